The van der Waals surface area contributed by atoms with Gasteiger partial charge in [0.1, 0.15) is 5.54 Å². The lowest BCUT2D eigenvalue weighted by Gasteiger charge is -2.35. The molecule has 16 heavy (non-hydrogen) atoms. The first-order valence-electron chi connectivity index (χ1n) is 5.29. The van der Waals surface area contributed by atoms with Gasteiger partial charge in [-0.1, -0.05) is 29.8 Å². The van der Waals surface area contributed by atoms with E-state index in [0.29, 0.717) is 23.4 Å². The van der Waals surface area contributed by atoms with Crippen molar-refractivity contribution >= 4 is 17.4 Å². The van der Waals surface area contributed by atoms with E-state index in [-0.39, 0.29) is 12.2 Å². The Balaban J connectivity index is 2.44. The van der Waals surface area contributed by atoms with Gasteiger partial charge in [-0.15, -0.1) is 0 Å². The minimum Gasteiger partial charge on any atom is -0.393 e. The van der Waals surface area contributed by atoms with Crippen molar-refractivity contribution in [3.05, 3.63) is 34.9 Å². The fourth-order valence-corrected chi connectivity index (χ4v) is 2.50. The molecular formula is C12H14ClNO2. The maximum Gasteiger partial charge on any atom is 0.157 e. The molecule has 1 aliphatic rings. The van der Waals surface area contributed by atoms with Crippen LogP contribution in [0.4, 0.5) is 0 Å². The summed E-state index contributed by atoms with van der Waals surface area (Å²) in [5, 5.41) is 10.1. The lowest BCUT2D eigenvalue weighted by molar-refractivity contribution is -0.129. The first kappa shape index (κ1) is 11.6. The molecule has 2 unspecified atom stereocenters. The monoisotopic (exact) mass is 239 g/mol. The van der Waals surface area contributed by atoms with Crippen molar-refractivity contribution in [1.82, 2.24) is 0 Å². The normalized spacial score (nSPS) is 30.4. The second-order valence-electron chi connectivity index (χ2n) is 4.27. The van der Waals surface area contributed by atoms with E-state index in [2.05, 4.69) is 0 Å². The highest BCUT2D eigenvalue weighted by Gasteiger charge is 2.42. The summed E-state index contributed by atoms with van der Waals surface area (Å²) in [5.74, 6) is -0.0501. The third kappa shape index (κ3) is 1.86. The third-order valence-corrected chi connectivity index (χ3v) is 3.44. The van der Waals surface area contributed by atoms with Gasteiger partial charge in [0, 0.05) is 17.9 Å². The van der Waals surface area contributed by atoms with Gasteiger partial charge in [-0.3, -0.25) is 4.79 Å². The van der Waals surface area contributed by atoms with Crippen molar-refractivity contribution in [2.45, 2.75) is 30.9 Å². The third-order valence-electron chi connectivity index (χ3n) is 3.11. The summed E-state index contributed by atoms with van der Waals surface area (Å²) < 4.78 is 0. The Labute approximate surface area is 99.2 Å². The molecule has 1 fully saturated rings. The van der Waals surface area contributed by atoms with Crippen LogP contribution in [0.3, 0.4) is 0 Å². The van der Waals surface area contributed by atoms with Gasteiger partial charge in [-0.2, -0.15) is 0 Å². The summed E-state index contributed by atoms with van der Waals surface area (Å²) in [7, 11) is 0. The molecule has 1 aromatic rings. The fraction of sp³-hybridized carbons (Fsp3) is 0.417. The summed E-state index contributed by atoms with van der Waals surface area (Å²) in [6.07, 6.45) is 0.514. The Kier molecular flexibility index (Phi) is 3.02. The Morgan fingerprint density at radius 2 is 2.12 bits per heavy atom. The zero-order chi connectivity index (χ0) is 11.8. The maximum atomic E-state index is 11.9. The van der Waals surface area contributed by atoms with E-state index in [1.54, 1.807) is 24.3 Å². The number of aliphatic hydroxyl groups excluding tert-OH is 1. The van der Waals surface area contributed by atoms with E-state index in [1.807, 2.05) is 0 Å². The molecule has 86 valence electrons. The maximum absolute atomic E-state index is 11.9. The van der Waals surface area contributed by atoms with Gasteiger partial charge >= 0.3 is 0 Å². The number of benzene rings is 1. The molecule has 1 saturated carbocycles. The second-order valence-corrected chi connectivity index (χ2v) is 4.68. The Morgan fingerprint density at radius 3 is 2.81 bits per heavy atom. The first-order valence-corrected chi connectivity index (χ1v) is 5.67. The highest BCUT2D eigenvalue weighted by molar-refractivity contribution is 6.31. The van der Waals surface area contributed by atoms with Crippen LogP contribution in [-0.4, -0.2) is 17.0 Å². The molecule has 0 bridgehead atoms. The summed E-state index contributed by atoms with van der Waals surface area (Å²) in [5.41, 5.74) is 5.60. The molecule has 1 aromatic carbocycles. The Hall–Kier alpha value is -0.900. The van der Waals surface area contributed by atoms with Crippen LogP contribution in [0.15, 0.2) is 24.3 Å². The Morgan fingerprint density at radius 1 is 1.44 bits per heavy atom. The fourth-order valence-electron chi connectivity index (χ4n) is 2.19. The summed E-state index contributed by atoms with van der Waals surface area (Å²) in [4.78, 5) is 11.9. The van der Waals surface area contributed by atoms with Crippen molar-refractivity contribution in [3.8, 4) is 0 Å². The predicted molar refractivity (Wildman–Crippen MR) is 62.2 cm³/mol. The molecule has 4 heteroatoms. The molecule has 0 heterocycles. The van der Waals surface area contributed by atoms with Crippen molar-refractivity contribution in [3.63, 3.8) is 0 Å². The zero-order valence-corrected chi connectivity index (χ0v) is 9.57. The predicted octanol–water partition coefficient (Wildman–Crippen LogP) is 1.61. The van der Waals surface area contributed by atoms with Gasteiger partial charge in [0.15, 0.2) is 5.78 Å². The number of hydrogen-bond donors (Lipinski definition) is 2. The summed E-state index contributed by atoms with van der Waals surface area (Å²) in [6, 6.07) is 7.04. The number of nitrogens with two attached hydrogens (primary N) is 1. The number of aliphatic hydroxyl groups is 1. The number of Topliss-reactive ketones (excluding diaryl/α,β-unsaturated/α-hetero) is 1. The van der Waals surface area contributed by atoms with Crippen LogP contribution in [0.2, 0.25) is 5.02 Å². The van der Waals surface area contributed by atoms with Crippen LogP contribution in [-0.2, 0) is 10.3 Å². The number of halogens is 1. The molecule has 2 atom stereocenters. The molecule has 0 spiro atoms. The number of hydrogen-bond acceptors (Lipinski definition) is 3. The van der Waals surface area contributed by atoms with E-state index in [9.17, 15) is 9.90 Å². The highest BCUT2D eigenvalue weighted by atomic mass is 35.5. The van der Waals surface area contributed by atoms with Crippen molar-refractivity contribution in [2.75, 3.05) is 0 Å². The SMILES string of the molecule is NC1(c2ccccc2Cl)CC(O)CCC1=O. The molecule has 0 radical (unpaired) electrons. The molecule has 1 aliphatic carbocycles. The van der Waals surface area contributed by atoms with Crippen LogP contribution >= 0.6 is 11.6 Å². The lowest BCUT2D eigenvalue weighted by atomic mass is 9.75. The van der Waals surface area contributed by atoms with Gasteiger partial charge in [-0.25, -0.2) is 0 Å². The average Bonchev–Trinajstić information content (AvgIpc) is 2.24. The van der Waals surface area contributed by atoms with Gasteiger partial charge in [0.2, 0.25) is 0 Å². The van der Waals surface area contributed by atoms with Gasteiger partial charge in [0.05, 0.1) is 6.10 Å². The van der Waals surface area contributed by atoms with Crippen LogP contribution in [0.5, 0.6) is 0 Å². The average molecular weight is 240 g/mol. The lowest BCUT2D eigenvalue weighted by Crippen LogP contribution is -2.50. The molecular weight excluding hydrogens is 226 g/mol. The molecule has 3 nitrogen and oxygen atoms in total. The van der Waals surface area contributed by atoms with Crippen molar-refractivity contribution in [2.24, 2.45) is 5.73 Å². The number of rotatable bonds is 1. The van der Waals surface area contributed by atoms with Crippen LogP contribution < -0.4 is 5.73 Å². The number of carbonyl (C=O) groups is 1. The van der Waals surface area contributed by atoms with Gasteiger partial charge < -0.3 is 10.8 Å². The molecule has 2 rings (SSSR count). The standard InChI is InChI=1S/C12H14ClNO2/c13-10-4-2-1-3-9(10)12(14)7-8(15)5-6-11(12)16/h1-4,8,15H,5-7,14H2. The van der Waals surface area contributed by atoms with E-state index in [0.717, 1.165) is 0 Å². The van der Waals surface area contributed by atoms with E-state index in [1.165, 1.54) is 0 Å². The largest absolute Gasteiger partial charge is 0.393 e. The topological polar surface area (TPSA) is 63.3 Å². The van der Waals surface area contributed by atoms with Crippen molar-refractivity contribution < 1.29 is 9.90 Å². The van der Waals surface area contributed by atoms with Crippen LogP contribution in [0, 0.1) is 0 Å². The quantitative estimate of drug-likeness (QED) is 0.783. The molecule has 0 aromatic heterocycles. The first-order chi connectivity index (χ1) is 7.54. The molecule has 0 amide bonds. The summed E-state index contributed by atoms with van der Waals surface area (Å²) >= 11 is 6.05. The molecule has 0 saturated heterocycles. The van der Waals surface area contributed by atoms with Crippen molar-refractivity contribution in [1.29, 1.82) is 0 Å². The van der Waals surface area contributed by atoms with E-state index < -0.39 is 11.6 Å². The van der Waals surface area contributed by atoms with Crippen LogP contribution in [0.1, 0.15) is 24.8 Å². The zero-order valence-electron chi connectivity index (χ0n) is 8.82. The molecule has 3 N–H and O–H groups in total. The van der Waals surface area contributed by atoms with Gasteiger partial charge in [0.25, 0.3) is 0 Å². The van der Waals surface area contributed by atoms with Gasteiger partial charge in [-0.05, 0) is 18.1 Å². The van der Waals surface area contributed by atoms with Crippen LogP contribution in [0.25, 0.3) is 0 Å². The second kappa shape index (κ2) is 4.17. The van der Waals surface area contributed by atoms with E-state index >= 15 is 0 Å². The summed E-state index contributed by atoms with van der Waals surface area (Å²) in [6.45, 7) is 0. The molecule has 0 aliphatic heterocycles. The number of carbonyl (C=O) groups excluding carboxylic acids is 1. The smallest absolute Gasteiger partial charge is 0.157 e. The highest BCUT2D eigenvalue weighted by Crippen LogP contribution is 2.35. The minimum atomic E-state index is -1.13. The van der Waals surface area contributed by atoms with E-state index in [4.69, 9.17) is 17.3 Å². The number of ketones is 1. The Bertz CT molecular complexity index is 421. The minimum absolute atomic E-state index is 0.0501.